The van der Waals surface area contributed by atoms with Gasteiger partial charge < -0.3 is 10.2 Å². The number of thiazole rings is 1. The monoisotopic (exact) mass is 313 g/mol. The maximum atomic E-state index is 12.1. The van der Waals surface area contributed by atoms with E-state index in [1.54, 1.807) is 11.6 Å². The molecule has 2 heterocycles. The third-order valence-electron chi connectivity index (χ3n) is 3.16. The lowest BCUT2D eigenvalue weighted by Gasteiger charge is -2.22. The van der Waals surface area contributed by atoms with Crippen molar-refractivity contribution in [2.24, 2.45) is 0 Å². The van der Waals surface area contributed by atoms with Gasteiger partial charge in [0.15, 0.2) is 5.13 Å². The summed E-state index contributed by atoms with van der Waals surface area (Å²) in [7, 11) is 0. The Morgan fingerprint density at radius 2 is 2.33 bits per heavy atom. The van der Waals surface area contributed by atoms with Crippen molar-refractivity contribution < 1.29 is 19.6 Å². The SMILES string of the molecule is CC(C(=O)NO)N1CCC(NC(=O)Nc2nccs2)C1=O. The number of amides is 4. The van der Waals surface area contributed by atoms with E-state index in [0.29, 0.717) is 18.1 Å². The largest absolute Gasteiger partial charge is 0.329 e. The van der Waals surface area contributed by atoms with Gasteiger partial charge in [0.05, 0.1) is 0 Å². The maximum Gasteiger partial charge on any atom is 0.321 e. The summed E-state index contributed by atoms with van der Waals surface area (Å²) in [5, 5.41) is 15.8. The molecule has 2 rings (SSSR count). The maximum absolute atomic E-state index is 12.1. The van der Waals surface area contributed by atoms with E-state index in [2.05, 4.69) is 15.6 Å². The standard InChI is InChI=1S/C11H15N5O4S/c1-6(8(17)15-20)16-4-2-7(9(16)18)13-10(19)14-11-12-3-5-21-11/h3,5-7,20H,2,4H2,1H3,(H,15,17)(H2,12,13,14,19). The van der Waals surface area contributed by atoms with Crippen molar-refractivity contribution in [3.8, 4) is 0 Å². The Morgan fingerprint density at radius 3 is 2.95 bits per heavy atom. The van der Waals surface area contributed by atoms with Crippen LogP contribution < -0.4 is 16.1 Å². The first-order chi connectivity index (χ1) is 10.0. The Bertz CT molecular complexity index is 535. The van der Waals surface area contributed by atoms with Crippen molar-refractivity contribution in [2.75, 3.05) is 11.9 Å². The fourth-order valence-electron chi connectivity index (χ4n) is 2.03. The molecule has 9 nitrogen and oxygen atoms in total. The molecule has 0 aromatic carbocycles. The molecule has 10 heteroatoms. The van der Waals surface area contributed by atoms with Crippen molar-refractivity contribution in [1.82, 2.24) is 20.7 Å². The van der Waals surface area contributed by atoms with Gasteiger partial charge in [0.25, 0.3) is 5.91 Å². The summed E-state index contributed by atoms with van der Waals surface area (Å²) >= 11 is 1.26. The molecule has 21 heavy (non-hydrogen) atoms. The normalized spacial score (nSPS) is 19.2. The highest BCUT2D eigenvalue weighted by Gasteiger charge is 2.37. The van der Waals surface area contributed by atoms with Crippen LogP contribution in [0.15, 0.2) is 11.6 Å². The number of nitrogens with one attached hydrogen (secondary N) is 3. The van der Waals surface area contributed by atoms with Crippen LogP contribution >= 0.6 is 11.3 Å². The summed E-state index contributed by atoms with van der Waals surface area (Å²) in [5.74, 6) is -1.03. The minimum absolute atomic E-state index is 0.329. The molecule has 114 valence electrons. The number of urea groups is 1. The molecule has 1 aliphatic heterocycles. The van der Waals surface area contributed by atoms with Gasteiger partial charge in [-0.2, -0.15) is 0 Å². The second kappa shape index (κ2) is 6.50. The molecule has 1 aromatic heterocycles. The predicted octanol–water partition coefficient (Wildman–Crippen LogP) is -0.241. The molecule has 0 saturated carbocycles. The molecule has 2 atom stereocenters. The smallest absolute Gasteiger partial charge is 0.321 e. The zero-order chi connectivity index (χ0) is 15.4. The molecule has 4 N–H and O–H groups in total. The molecule has 1 saturated heterocycles. The first-order valence-corrected chi connectivity index (χ1v) is 7.12. The van der Waals surface area contributed by atoms with Crippen LogP contribution in [-0.4, -0.2) is 51.6 Å². The van der Waals surface area contributed by atoms with E-state index in [1.807, 2.05) is 0 Å². The van der Waals surface area contributed by atoms with E-state index < -0.39 is 24.0 Å². The first-order valence-electron chi connectivity index (χ1n) is 6.24. The van der Waals surface area contributed by atoms with Gasteiger partial charge in [0.2, 0.25) is 5.91 Å². The molecule has 0 spiro atoms. The number of hydrogen-bond acceptors (Lipinski definition) is 6. The Kier molecular flexibility index (Phi) is 4.70. The highest BCUT2D eigenvalue weighted by Crippen LogP contribution is 2.15. The van der Waals surface area contributed by atoms with Crippen LogP contribution in [0.25, 0.3) is 0 Å². The number of nitrogens with zero attached hydrogens (tertiary/aromatic N) is 2. The highest BCUT2D eigenvalue weighted by atomic mass is 32.1. The number of hydrogen-bond donors (Lipinski definition) is 4. The van der Waals surface area contributed by atoms with E-state index in [9.17, 15) is 14.4 Å². The Labute approximate surface area is 124 Å². The molecule has 1 fully saturated rings. The van der Waals surface area contributed by atoms with Crippen LogP contribution in [0.1, 0.15) is 13.3 Å². The van der Waals surface area contributed by atoms with Gasteiger partial charge in [-0.3, -0.25) is 20.1 Å². The second-order valence-corrected chi connectivity index (χ2v) is 5.36. The molecule has 4 amide bonds. The van der Waals surface area contributed by atoms with Gasteiger partial charge in [-0.1, -0.05) is 0 Å². The van der Waals surface area contributed by atoms with Gasteiger partial charge in [-0.25, -0.2) is 15.3 Å². The van der Waals surface area contributed by atoms with Crippen molar-refractivity contribution >= 4 is 34.3 Å². The highest BCUT2D eigenvalue weighted by molar-refractivity contribution is 7.13. The lowest BCUT2D eigenvalue weighted by Crippen LogP contribution is -2.49. The molecular formula is C11H15N5O4S. The lowest BCUT2D eigenvalue weighted by atomic mass is 10.2. The molecule has 0 radical (unpaired) electrons. The fraction of sp³-hybridized carbons (Fsp3) is 0.455. The summed E-state index contributed by atoms with van der Waals surface area (Å²) in [6, 6.07) is -2.01. The van der Waals surface area contributed by atoms with Crippen molar-refractivity contribution in [2.45, 2.75) is 25.4 Å². The van der Waals surface area contributed by atoms with E-state index in [4.69, 9.17) is 5.21 Å². The minimum Gasteiger partial charge on any atom is -0.329 e. The average Bonchev–Trinajstić information content (AvgIpc) is 3.08. The zero-order valence-electron chi connectivity index (χ0n) is 11.2. The van der Waals surface area contributed by atoms with Crippen LogP contribution in [0.2, 0.25) is 0 Å². The molecular weight excluding hydrogens is 298 g/mol. The van der Waals surface area contributed by atoms with Crippen LogP contribution in [-0.2, 0) is 9.59 Å². The molecule has 1 aromatic rings. The van der Waals surface area contributed by atoms with Crippen LogP contribution in [0.3, 0.4) is 0 Å². The van der Waals surface area contributed by atoms with Crippen LogP contribution in [0.4, 0.5) is 9.93 Å². The Morgan fingerprint density at radius 1 is 1.57 bits per heavy atom. The van der Waals surface area contributed by atoms with Gasteiger partial charge in [-0.05, 0) is 13.3 Å². The average molecular weight is 313 g/mol. The number of carbonyl (C=O) groups is 3. The Balaban J connectivity index is 1.89. The van der Waals surface area contributed by atoms with Gasteiger partial charge in [0.1, 0.15) is 12.1 Å². The van der Waals surface area contributed by atoms with Gasteiger partial charge >= 0.3 is 6.03 Å². The number of likely N-dealkylation sites (tertiary alicyclic amines) is 1. The minimum atomic E-state index is -0.795. The molecule has 0 bridgehead atoms. The van der Waals surface area contributed by atoms with Crippen LogP contribution in [0.5, 0.6) is 0 Å². The van der Waals surface area contributed by atoms with Gasteiger partial charge in [0, 0.05) is 18.1 Å². The van der Waals surface area contributed by atoms with Crippen molar-refractivity contribution in [1.29, 1.82) is 0 Å². The number of hydroxylamine groups is 1. The van der Waals surface area contributed by atoms with Crippen LogP contribution in [0, 0.1) is 0 Å². The van der Waals surface area contributed by atoms with Gasteiger partial charge in [-0.15, -0.1) is 11.3 Å². The van der Waals surface area contributed by atoms with Crippen molar-refractivity contribution in [3.05, 3.63) is 11.6 Å². The quantitative estimate of drug-likeness (QED) is 0.451. The van der Waals surface area contributed by atoms with E-state index in [-0.39, 0.29) is 5.91 Å². The lowest BCUT2D eigenvalue weighted by molar-refractivity contribution is -0.141. The number of carbonyl (C=O) groups excluding carboxylic acids is 3. The molecule has 0 aliphatic carbocycles. The van der Waals surface area contributed by atoms with E-state index in [1.165, 1.54) is 28.6 Å². The topological polar surface area (TPSA) is 124 Å². The summed E-state index contributed by atoms with van der Waals surface area (Å²) in [6.07, 6.45) is 1.95. The van der Waals surface area contributed by atoms with E-state index >= 15 is 0 Å². The second-order valence-electron chi connectivity index (χ2n) is 4.46. The fourth-order valence-corrected chi connectivity index (χ4v) is 2.56. The zero-order valence-corrected chi connectivity index (χ0v) is 12.0. The third kappa shape index (κ3) is 3.47. The summed E-state index contributed by atoms with van der Waals surface area (Å²) < 4.78 is 0. The summed E-state index contributed by atoms with van der Waals surface area (Å²) in [5.41, 5.74) is 1.51. The third-order valence-corrected chi connectivity index (χ3v) is 3.84. The number of rotatable bonds is 4. The van der Waals surface area contributed by atoms with Crippen molar-refractivity contribution in [3.63, 3.8) is 0 Å². The first kappa shape index (κ1) is 15.2. The summed E-state index contributed by atoms with van der Waals surface area (Å²) in [6.45, 7) is 1.83. The number of aromatic nitrogens is 1. The molecule has 2 unspecified atom stereocenters. The molecule has 1 aliphatic rings. The number of anilines is 1. The Hall–Kier alpha value is -2.20. The van der Waals surface area contributed by atoms with E-state index in [0.717, 1.165) is 0 Å². The predicted molar refractivity (Wildman–Crippen MR) is 73.8 cm³/mol. The summed E-state index contributed by atoms with van der Waals surface area (Å²) in [4.78, 5) is 40.4.